The highest BCUT2D eigenvalue weighted by Gasteiger charge is 2.25. The second-order valence-electron chi connectivity index (χ2n) is 8.57. The molecule has 0 bridgehead atoms. The van der Waals surface area contributed by atoms with E-state index < -0.39 is 0 Å². The summed E-state index contributed by atoms with van der Waals surface area (Å²) < 4.78 is 5.57. The third-order valence-corrected chi connectivity index (χ3v) is 7.17. The maximum atomic E-state index is 13.3. The molecule has 0 atom stereocenters. The molecule has 1 aromatic heterocycles. The monoisotopic (exact) mass is 446 g/mol. The second kappa shape index (κ2) is 9.70. The zero-order valence-corrected chi connectivity index (χ0v) is 20.0. The Kier molecular flexibility index (Phi) is 6.75. The molecule has 0 spiro atoms. The van der Waals surface area contributed by atoms with Gasteiger partial charge < -0.3 is 10.1 Å². The molecule has 3 aromatic rings. The second-order valence-corrected chi connectivity index (χ2v) is 9.66. The smallest absolute Gasteiger partial charge is 0.259 e. The minimum Gasteiger partial charge on any atom is -0.496 e. The number of ether oxygens (including phenoxy) is 1. The van der Waals surface area contributed by atoms with Crippen LogP contribution in [0.1, 0.15) is 70.1 Å². The van der Waals surface area contributed by atoms with Crippen molar-refractivity contribution in [1.29, 1.82) is 0 Å². The fourth-order valence-electron chi connectivity index (χ4n) is 4.20. The summed E-state index contributed by atoms with van der Waals surface area (Å²) in [4.78, 5) is 19.4. The lowest BCUT2D eigenvalue weighted by molar-refractivity contribution is 0.102. The number of nitrogens with zero attached hydrogens (tertiary/aromatic N) is 1. The quantitative estimate of drug-likeness (QED) is 0.412. The maximum Gasteiger partial charge on any atom is 0.259 e. The van der Waals surface area contributed by atoms with Crippen LogP contribution >= 0.6 is 11.3 Å². The average molecular weight is 447 g/mol. The predicted octanol–water partition coefficient (Wildman–Crippen LogP) is 7.07. The summed E-state index contributed by atoms with van der Waals surface area (Å²) in [6.07, 6.45) is 6.16. The van der Waals surface area contributed by atoms with E-state index in [1.165, 1.54) is 16.9 Å². The van der Waals surface area contributed by atoms with Crippen molar-refractivity contribution in [2.75, 3.05) is 12.4 Å². The van der Waals surface area contributed by atoms with Crippen molar-refractivity contribution in [2.45, 2.75) is 52.4 Å². The normalized spacial score (nSPS) is 13.4. The van der Waals surface area contributed by atoms with Gasteiger partial charge in [0.25, 0.3) is 5.91 Å². The summed E-state index contributed by atoms with van der Waals surface area (Å²) in [6, 6.07) is 13.8. The number of rotatable bonds is 6. The van der Waals surface area contributed by atoms with Gasteiger partial charge in [0.05, 0.1) is 12.7 Å². The topological polar surface area (TPSA) is 50.7 Å². The molecule has 2 aromatic carbocycles. The van der Waals surface area contributed by atoms with Gasteiger partial charge in [-0.2, -0.15) is 0 Å². The van der Waals surface area contributed by atoms with Gasteiger partial charge in [-0.05, 0) is 85.0 Å². The van der Waals surface area contributed by atoms with E-state index in [1.807, 2.05) is 36.5 Å². The number of fused-ring (bicyclic) bond motifs is 1. The first-order valence-corrected chi connectivity index (χ1v) is 12.0. The molecule has 1 amide bonds. The van der Waals surface area contributed by atoms with Gasteiger partial charge in [0.1, 0.15) is 10.8 Å². The first-order valence-electron chi connectivity index (χ1n) is 11.2. The number of carbonyl (C=O) groups excluding carboxylic acids is 1. The Balaban J connectivity index is 1.71. The predicted molar refractivity (Wildman–Crippen MR) is 134 cm³/mol. The van der Waals surface area contributed by atoms with Gasteiger partial charge in [-0.15, -0.1) is 11.3 Å². The Labute approximate surface area is 194 Å². The van der Waals surface area contributed by atoms with Crippen LogP contribution in [0.3, 0.4) is 0 Å². The van der Waals surface area contributed by atoms with Crippen LogP contribution in [0.4, 0.5) is 10.7 Å². The number of methoxy groups -OCH3 is 1. The van der Waals surface area contributed by atoms with Gasteiger partial charge in [0.2, 0.25) is 0 Å². The van der Waals surface area contributed by atoms with E-state index in [0.29, 0.717) is 5.92 Å². The van der Waals surface area contributed by atoms with Crippen LogP contribution in [-0.2, 0) is 12.8 Å². The third kappa shape index (κ3) is 4.63. The molecule has 0 radical (unpaired) electrons. The third-order valence-electron chi connectivity index (χ3n) is 5.97. The standard InChI is InChI=1S/C27H30N2O2S/c1-17(2)22-15-19(18(3)14-23(22)31-4)16-28-27-25(21-12-8-9-13-24(21)32-27)26(30)29-20-10-6-5-7-11-20/h5-7,10-11,14-17H,8-9,12-13H2,1-4H3,(H,29,30). The van der Waals surface area contributed by atoms with Crippen molar-refractivity contribution in [1.82, 2.24) is 0 Å². The molecule has 0 saturated heterocycles. The molecule has 1 N–H and O–H groups in total. The van der Waals surface area contributed by atoms with Crippen molar-refractivity contribution in [3.8, 4) is 5.75 Å². The Morgan fingerprint density at radius 3 is 2.62 bits per heavy atom. The summed E-state index contributed by atoms with van der Waals surface area (Å²) in [5.74, 6) is 1.18. The number of benzene rings is 2. The molecule has 0 fully saturated rings. The minimum absolute atomic E-state index is 0.0722. The largest absolute Gasteiger partial charge is 0.496 e. The molecule has 0 aliphatic heterocycles. The molecule has 4 nitrogen and oxygen atoms in total. The van der Waals surface area contributed by atoms with E-state index in [1.54, 1.807) is 18.4 Å². The van der Waals surface area contributed by atoms with Crippen molar-refractivity contribution >= 4 is 34.1 Å². The lowest BCUT2D eigenvalue weighted by Gasteiger charge is -2.14. The molecule has 0 unspecified atom stereocenters. The highest BCUT2D eigenvalue weighted by atomic mass is 32.1. The summed E-state index contributed by atoms with van der Waals surface area (Å²) in [6.45, 7) is 6.39. The molecule has 1 aliphatic carbocycles. The Morgan fingerprint density at radius 1 is 1.16 bits per heavy atom. The number of aryl methyl sites for hydroxylation is 2. The first kappa shape index (κ1) is 22.3. The SMILES string of the molecule is COc1cc(C)c(C=Nc2sc3c(c2C(=O)Nc2ccccc2)CCCC3)cc1C(C)C. The highest BCUT2D eigenvalue weighted by molar-refractivity contribution is 7.16. The number of carbonyl (C=O) groups is 1. The van der Waals surface area contributed by atoms with E-state index in [9.17, 15) is 4.79 Å². The first-order chi connectivity index (χ1) is 15.5. The molecule has 32 heavy (non-hydrogen) atoms. The lowest BCUT2D eigenvalue weighted by Crippen LogP contribution is -2.14. The number of hydrogen-bond donors (Lipinski definition) is 1. The molecule has 1 heterocycles. The highest BCUT2D eigenvalue weighted by Crippen LogP contribution is 2.40. The minimum atomic E-state index is -0.0722. The van der Waals surface area contributed by atoms with Crippen LogP contribution in [0.2, 0.25) is 0 Å². The molecule has 1 aliphatic rings. The molecule has 4 rings (SSSR count). The van der Waals surface area contributed by atoms with Crippen molar-refractivity contribution in [3.63, 3.8) is 0 Å². The lowest BCUT2D eigenvalue weighted by atomic mass is 9.95. The van der Waals surface area contributed by atoms with Gasteiger partial charge in [0.15, 0.2) is 0 Å². The van der Waals surface area contributed by atoms with Crippen LogP contribution in [0.15, 0.2) is 47.5 Å². The summed E-state index contributed by atoms with van der Waals surface area (Å²) in [5.41, 5.74) is 6.03. The zero-order valence-electron chi connectivity index (χ0n) is 19.2. The van der Waals surface area contributed by atoms with Gasteiger partial charge in [-0.1, -0.05) is 32.0 Å². The number of amides is 1. The average Bonchev–Trinajstić information content (AvgIpc) is 3.17. The maximum absolute atomic E-state index is 13.3. The van der Waals surface area contributed by atoms with Gasteiger partial charge in [-0.3, -0.25) is 4.79 Å². The van der Waals surface area contributed by atoms with Crippen LogP contribution in [0.25, 0.3) is 0 Å². The molecule has 166 valence electrons. The van der Waals surface area contributed by atoms with Crippen LogP contribution in [-0.4, -0.2) is 19.2 Å². The van der Waals surface area contributed by atoms with Gasteiger partial charge in [-0.25, -0.2) is 4.99 Å². The van der Waals surface area contributed by atoms with E-state index in [2.05, 4.69) is 38.2 Å². The Morgan fingerprint density at radius 2 is 1.91 bits per heavy atom. The van der Waals surface area contributed by atoms with E-state index in [-0.39, 0.29) is 5.91 Å². The van der Waals surface area contributed by atoms with E-state index in [0.717, 1.165) is 58.0 Å². The number of para-hydroxylation sites is 1. The summed E-state index contributed by atoms with van der Waals surface area (Å²) >= 11 is 1.66. The van der Waals surface area contributed by atoms with Crippen molar-refractivity contribution in [2.24, 2.45) is 4.99 Å². The Bertz CT molecular complexity index is 1150. The van der Waals surface area contributed by atoms with Crippen LogP contribution in [0.5, 0.6) is 5.75 Å². The zero-order chi connectivity index (χ0) is 22.7. The van der Waals surface area contributed by atoms with Gasteiger partial charge >= 0.3 is 0 Å². The van der Waals surface area contributed by atoms with E-state index >= 15 is 0 Å². The molecule has 0 saturated carbocycles. The molecular weight excluding hydrogens is 416 g/mol. The van der Waals surface area contributed by atoms with Crippen molar-refractivity contribution in [3.05, 3.63) is 75.2 Å². The number of nitrogens with one attached hydrogen (secondary N) is 1. The number of thiophene rings is 1. The summed E-state index contributed by atoms with van der Waals surface area (Å²) in [5, 5.41) is 3.86. The van der Waals surface area contributed by atoms with Crippen LogP contribution < -0.4 is 10.1 Å². The summed E-state index contributed by atoms with van der Waals surface area (Å²) in [7, 11) is 1.71. The fourth-order valence-corrected chi connectivity index (χ4v) is 5.43. The number of hydrogen-bond acceptors (Lipinski definition) is 4. The van der Waals surface area contributed by atoms with Gasteiger partial charge in [0, 0.05) is 16.8 Å². The number of anilines is 1. The Hall–Kier alpha value is -2.92. The fraction of sp³-hybridized carbons (Fsp3) is 0.333. The molecule has 5 heteroatoms. The van der Waals surface area contributed by atoms with E-state index in [4.69, 9.17) is 9.73 Å². The molecular formula is C27H30N2O2S. The number of aliphatic imine (C=N–C) groups is 1. The van der Waals surface area contributed by atoms with Crippen LogP contribution in [0, 0.1) is 6.92 Å². The van der Waals surface area contributed by atoms with Crippen molar-refractivity contribution < 1.29 is 9.53 Å².